The minimum atomic E-state index is -1.25. The lowest BCUT2D eigenvalue weighted by atomic mass is 9.91. The molecule has 3 N–H and O–H groups in total. The van der Waals surface area contributed by atoms with Crippen LogP contribution in [0.4, 0.5) is 5.95 Å². The number of nitrogens with zero attached hydrogens (tertiary/aromatic N) is 3. The third kappa shape index (κ3) is 3.94. The van der Waals surface area contributed by atoms with Crippen molar-refractivity contribution in [2.45, 2.75) is 30.9 Å². The van der Waals surface area contributed by atoms with E-state index in [1.54, 1.807) is 6.20 Å². The molecule has 1 aromatic heterocycles. The molecule has 7 heteroatoms. The summed E-state index contributed by atoms with van der Waals surface area (Å²) in [7, 11) is 0. The zero-order chi connectivity index (χ0) is 18.7. The Morgan fingerprint density at radius 3 is 2.78 bits per heavy atom. The lowest BCUT2D eigenvalue weighted by Gasteiger charge is -2.32. The molecule has 1 atom stereocenters. The summed E-state index contributed by atoms with van der Waals surface area (Å²) in [6, 6.07) is 11.9. The van der Waals surface area contributed by atoms with Gasteiger partial charge in [0.2, 0.25) is 5.95 Å². The first-order chi connectivity index (χ1) is 13.1. The van der Waals surface area contributed by atoms with E-state index >= 15 is 0 Å². The fourth-order valence-electron chi connectivity index (χ4n) is 3.72. The Morgan fingerprint density at radius 1 is 1.22 bits per heavy atom. The molecule has 3 heterocycles. The van der Waals surface area contributed by atoms with Crippen molar-refractivity contribution in [1.82, 2.24) is 20.6 Å². The van der Waals surface area contributed by atoms with Crippen molar-refractivity contribution in [2.75, 3.05) is 31.1 Å². The molecule has 1 unspecified atom stereocenters. The zero-order valence-electron chi connectivity index (χ0n) is 15.3. The molecule has 7 nitrogen and oxygen atoms in total. The molecule has 2 aromatic rings. The Hall–Kier alpha value is -2.51. The van der Waals surface area contributed by atoms with Crippen LogP contribution in [0.5, 0.6) is 0 Å². The van der Waals surface area contributed by atoms with Gasteiger partial charge in [-0.05, 0) is 38.4 Å². The van der Waals surface area contributed by atoms with Crippen molar-refractivity contribution in [1.29, 1.82) is 0 Å². The molecule has 0 aliphatic carbocycles. The monoisotopic (exact) mass is 367 g/mol. The van der Waals surface area contributed by atoms with Gasteiger partial charge >= 0.3 is 0 Å². The fourth-order valence-corrected chi connectivity index (χ4v) is 3.72. The van der Waals surface area contributed by atoms with Crippen molar-refractivity contribution in [3.63, 3.8) is 0 Å². The summed E-state index contributed by atoms with van der Waals surface area (Å²) >= 11 is 0. The van der Waals surface area contributed by atoms with E-state index in [1.165, 1.54) is 0 Å². The Kier molecular flexibility index (Phi) is 5.05. The predicted octanol–water partition coefficient (Wildman–Crippen LogP) is 0.953. The van der Waals surface area contributed by atoms with Crippen LogP contribution in [0.3, 0.4) is 0 Å². The minimum Gasteiger partial charge on any atom is -0.380 e. The molecule has 142 valence electrons. The highest BCUT2D eigenvalue weighted by Crippen LogP contribution is 2.23. The Morgan fingerprint density at radius 2 is 2.00 bits per heavy atom. The van der Waals surface area contributed by atoms with Crippen LogP contribution in [-0.2, 0) is 4.79 Å². The van der Waals surface area contributed by atoms with Crippen molar-refractivity contribution in [3.05, 3.63) is 42.6 Å². The van der Waals surface area contributed by atoms with Crippen LogP contribution < -0.4 is 15.5 Å². The Balaban J connectivity index is 1.40. The van der Waals surface area contributed by atoms with E-state index in [0.717, 1.165) is 24.2 Å². The molecule has 2 fully saturated rings. The number of carbonyl (C=O) groups excluding carboxylic acids is 1. The number of hydrogen-bond acceptors (Lipinski definition) is 6. The van der Waals surface area contributed by atoms with Gasteiger partial charge in [0.15, 0.2) is 0 Å². The number of aliphatic hydroxyl groups is 1. The van der Waals surface area contributed by atoms with E-state index in [9.17, 15) is 9.90 Å². The SMILES string of the molecule is O=C(NC1CCN(c2nccc(-c3ccccc3)n2)C1)C1(O)CCNCC1. The van der Waals surface area contributed by atoms with Gasteiger partial charge < -0.3 is 20.6 Å². The van der Waals surface area contributed by atoms with Crippen molar-refractivity contribution < 1.29 is 9.90 Å². The second kappa shape index (κ2) is 7.62. The molecule has 27 heavy (non-hydrogen) atoms. The quantitative estimate of drug-likeness (QED) is 0.746. The molecule has 2 aliphatic heterocycles. The molecule has 1 aromatic carbocycles. The summed E-state index contributed by atoms with van der Waals surface area (Å²) in [6.45, 7) is 2.77. The largest absolute Gasteiger partial charge is 0.380 e. The first-order valence-corrected chi connectivity index (χ1v) is 9.51. The van der Waals surface area contributed by atoms with E-state index in [4.69, 9.17) is 0 Å². The van der Waals surface area contributed by atoms with Crippen molar-refractivity contribution >= 4 is 11.9 Å². The smallest absolute Gasteiger partial charge is 0.252 e. The fraction of sp³-hybridized carbons (Fsp3) is 0.450. The number of aromatic nitrogens is 2. The zero-order valence-corrected chi connectivity index (χ0v) is 15.3. The second-order valence-corrected chi connectivity index (χ2v) is 7.29. The summed E-state index contributed by atoms with van der Waals surface area (Å²) in [4.78, 5) is 23.7. The van der Waals surface area contributed by atoms with E-state index in [2.05, 4.69) is 25.5 Å². The van der Waals surface area contributed by atoms with E-state index in [-0.39, 0.29) is 11.9 Å². The lowest BCUT2D eigenvalue weighted by molar-refractivity contribution is -0.143. The summed E-state index contributed by atoms with van der Waals surface area (Å²) in [5.74, 6) is 0.420. The highest BCUT2D eigenvalue weighted by Gasteiger charge is 2.39. The van der Waals surface area contributed by atoms with Crippen LogP contribution >= 0.6 is 0 Å². The van der Waals surface area contributed by atoms with Gasteiger partial charge in [-0.3, -0.25) is 4.79 Å². The summed E-state index contributed by atoms with van der Waals surface area (Å²) in [5, 5.41) is 16.7. The maximum absolute atomic E-state index is 12.5. The first-order valence-electron chi connectivity index (χ1n) is 9.51. The summed E-state index contributed by atoms with van der Waals surface area (Å²) in [6.07, 6.45) is 3.50. The van der Waals surface area contributed by atoms with Crippen LogP contribution in [0, 0.1) is 0 Å². The molecule has 0 bridgehead atoms. The molecule has 4 rings (SSSR count). The third-order valence-electron chi connectivity index (χ3n) is 5.37. The van der Waals surface area contributed by atoms with Crippen LogP contribution in [0.25, 0.3) is 11.3 Å². The van der Waals surface area contributed by atoms with Gasteiger partial charge in [0, 0.05) is 30.9 Å². The minimum absolute atomic E-state index is 0.000363. The average Bonchev–Trinajstić information content (AvgIpc) is 3.18. The van der Waals surface area contributed by atoms with Crippen LogP contribution in [0.15, 0.2) is 42.6 Å². The van der Waals surface area contributed by atoms with E-state index < -0.39 is 5.60 Å². The number of amides is 1. The Bertz CT molecular complexity index is 792. The number of benzene rings is 1. The lowest BCUT2D eigenvalue weighted by Crippen LogP contribution is -2.55. The van der Waals surface area contributed by atoms with Gasteiger partial charge in [0.1, 0.15) is 5.60 Å². The standard InChI is InChI=1S/C20H25N5O2/c26-18(20(27)8-11-21-12-9-20)23-16-7-13-25(14-16)19-22-10-6-17(24-19)15-4-2-1-3-5-15/h1-6,10,16,21,27H,7-9,11-14H2,(H,23,26). The van der Waals surface area contributed by atoms with Crippen LogP contribution in [-0.4, -0.2) is 58.8 Å². The molecule has 2 saturated heterocycles. The molecule has 0 saturated carbocycles. The van der Waals surface area contributed by atoms with Gasteiger partial charge in [-0.1, -0.05) is 30.3 Å². The predicted molar refractivity (Wildman–Crippen MR) is 103 cm³/mol. The first kappa shape index (κ1) is 17.9. The number of piperidine rings is 1. The number of hydrogen-bond donors (Lipinski definition) is 3. The van der Waals surface area contributed by atoms with Crippen molar-refractivity contribution in [3.8, 4) is 11.3 Å². The van der Waals surface area contributed by atoms with Crippen LogP contribution in [0.1, 0.15) is 19.3 Å². The van der Waals surface area contributed by atoms with Crippen molar-refractivity contribution in [2.24, 2.45) is 0 Å². The number of anilines is 1. The highest BCUT2D eigenvalue weighted by atomic mass is 16.3. The average molecular weight is 367 g/mol. The number of nitrogens with one attached hydrogen (secondary N) is 2. The van der Waals surface area contributed by atoms with Crippen LogP contribution in [0.2, 0.25) is 0 Å². The van der Waals surface area contributed by atoms with Gasteiger partial charge in [-0.15, -0.1) is 0 Å². The molecular weight excluding hydrogens is 342 g/mol. The molecule has 0 radical (unpaired) electrons. The van der Waals surface area contributed by atoms with E-state index in [1.807, 2.05) is 36.4 Å². The van der Waals surface area contributed by atoms with Gasteiger partial charge in [0.25, 0.3) is 5.91 Å². The Labute approximate surface area is 158 Å². The summed E-state index contributed by atoms with van der Waals surface area (Å²) in [5.41, 5.74) is 0.693. The normalized spacial score (nSPS) is 21.8. The van der Waals surface area contributed by atoms with E-state index in [0.29, 0.717) is 38.4 Å². The summed E-state index contributed by atoms with van der Waals surface area (Å²) < 4.78 is 0. The maximum Gasteiger partial charge on any atom is 0.252 e. The van der Waals surface area contributed by atoms with Gasteiger partial charge in [-0.25, -0.2) is 9.97 Å². The maximum atomic E-state index is 12.5. The topological polar surface area (TPSA) is 90.4 Å². The van der Waals surface area contributed by atoms with Gasteiger partial charge in [0.05, 0.1) is 5.69 Å². The number of rotatable bonds is 4. The molecule has 1 amide bonds. The second-order valence-electron chi connectivity index (χ2n) is 7.29. The highest BCUT2D eigenvalue weighted by molar-refractivity contribution is 5.85. The molecule has 0 spiro atoms. The van der Waals surface area contributed by atoms with Gasteiger partial charge in [-0.2, -0.15) is 0 Å². The molecule has 2 aliphatic rings. The molecular formula is C20H25N5O2. The third-order valence-corrected chi connectivity index (χ3v) is 5.37. The number of carbonyl (C=O) groups is 1.